The van der Waals surface area contributed by atoms with Crippen LogP contribution < -0.4 is 14.8 Å². The number of anilines is 2. The number of hydrogen-bond donors (Lipinski definition) is 1. The first-order chi connectivity index (χ1) is 12.7. The van der Waals surface area contributed by atoms with Crippen LogP contribution in [0.25, 0.3) is 21.7 Å². The summed E-state index contributed by atoms with van der Waals surface area (Å²) in [5, 5.41) is 6.57. The van der Waals surface area contributed by atoms with Gasteiger partial charge in [0, 0.05) is 22.5 Å². The topological polar surface area (TPSA) is 56.3 Å². The van der Waals surface area contributed by atoms with E-state index in [2.05, 4.69) is 33.5 Å². The van der Waals surface area contributed by atoms with Crippen molar-refractivity contribution in [3.05, 3.63) is 59.9 Å². The molecule has 5 nitrogen and oxygen atoms in total. The minimum atomic E-state index is 0.160. The van der Waals surface area contributed by atoms with Crippen LogP contribution in [0.1, 0.15) is 0 Å². The summed E-state index contributed by atoms with van der Waals surface area (Å²) in [4.78, 5) is 8.68. The second-order valence-electron chi connectivity index (χ2n) is 5.72. The molecule has 0 aliphatic heterocycles. The Morgan fingerprint density at radius 3 is 2.38 bits per heavy atom. The number of nitrogens with zero attached hydrogens (tertiary/aromatic N) is 2. The van der Waals surface area contributed by atoms with Gasteiger partial charge in [0.05, 0.1) is 19.7 Å². The molecule has 0 fully saturated rings. The molecule has 0 bridgehead atoms. The van der Waals surface area contributed by atoms with Crippen LogP contribution in [0.15, 0.2) is 54.6 Å². The number of ether oxygens (including phenoxy) is 2. The van der Waals surface area contributed by atoms with E-state index in [4.69, 9.17) is 21.1 Å². The lowest BCUT2D eigenvalue weighted by Crippen LogP contribution is -1.99. The summed E-state index contributed by atoms with van der Waals surface area (Å²) in [7, 11) is 3.18. The Hall–Kier alpha value is -3.05. The highest BCUT2D eigenvalue weighted by Crippen LogP contribution is 2.36. The zero-order valence-electron chi connectivity index (χ0n) is 14.3. The Bertz CT molecular complexity index is 1110. The van der Waals surface area contributed by atoms with Crippen molar-refractivity contribution in [2.75, 3.05) is 19.5 Å². The van der Waals surface area contributed by atoms with Crippen LogP contribution in [-0.4, -0.2) is 24.2 Å². The lowest BCUT2D eigenvalue weighted by atomic mass is 10.1. The van der Waals surface area contributed by atoms with Crippen LogP contribution in [0.2, 0.25) is 5.28 Å². The Morgan fingerprint density at radius 1 is 0.846 bits per heavy atom. The van der Waals surface area contributed by atoms with Crippen LogP contribution in [0.5, 0.6) is 11.5 Å². The maximum atomic E-state index is 6.14. The number of aromatic nitrogens is 2. The van der Waals surface area contributed by atoms with Crippen molar-refractivity contribution in [3.63, 3.8) is 0 Å². The van der Waals surface area contributed by atoms with Gasteiger partial charge in [0.1, 0.15) is 5.82 Å². The first-order valence-corrected chi connectivity index (χ1v) is 8.41. The molecule has 0 atom stereocenters. The van der Waals surface area contributed by atoms with E-state index in [1.807, 2.05) is 30.3 Å². The maximum absolute atomic E-state index is 6.14. The summed E-state index contributed by atoms with van der Waals surface area (Å²) in [5.41, 5.74) is 1.61. The number of methoxy groups -OCH3 is 2. The van der Waals surface area contributed by atoms with Crippen molar-refractivity contribution >= 4 is 44.8 Å². The third-order valence-corrected chi connectivity index (χ3v) is 4.39. The zero-order chi connectivity index (χ0) is 18.1. The van der Waals surface area contributed by atoms with Gasteiger partial charge in [-0.05, 0) is 29.1 Å². The Kier molecular flexibility index (Phi) is 4.22. The largest absolute Gasteiger partial charge is 0.493 e. The van der Waals surface area contributed by atoms with E-state index >= 15 is 0 Å². The average molecular weight is 366 g/mol. The average Bonchev–Trinajstić information content (AvgIpc) is 2.67. The van der Waals surface area contributed by atoms with Gasteiger partial charge in [-0.25, -0.2) is 4.98 Å². The van der Waals surface area contributed by atoms with Crippen molar-refractivity contribution in [2.24, 2.45) is 0 Å². The van der Waals surface area contributed by atoms with E-state index in [-0.39, 0.29) is 5.28 Å². The molecular weight excluding hydrogens is 350 g/mol. The predicted octanol–water partition coefficient (Wildman–Crippen LogP) is 5.20. The molecule has 130 valence electrons. The monoisotopic (exact) mass is 365 g/mol. The predicted molar refractivity (Wildman–Crippen MR) is 105 cm³/mol. The van der Waals surface area contributed by atoms with Gasteiger partial charge in [-0.1, -0.05) is 36.4 Å². The number of hydrogen-bond acceptors (Lipinski definition) is 5. The summed E-state index contributed by atoms with van der Waals surface area (Å²) in [6.45, 7) is 0. The van der Waals surface area contributed by atoms with Crippen molar-refractivity contribution in [1.82, 2.24) is 9.97 Å². The lowest BCUT2D eigenvalue weighted by Gasteiger charge is -2.14. The van der Waals surface area contributed by atoms with Gasteiger partial charge in [-0.2, -0.15) is 4.98 Å². The molecule has 6 heteroatoms. The lowest BCUT2D eigenvalue weighted by molar-refractivity contribution is 0.356. The highest BCUT2D eigenvalue weighted by molar-refractivity contribution is 6.29. The molecule has 1 aromatic heterocycles. The minimum absolute atomic E-state index is 0.160. The first-order valence-electron chi connectivity index (χ1n) is 8.03. The number of nitrogens with one attached hydrogen (secondary N) is 1. The highest BCUT2D eigenvalue weighted by atomic mass is 35.5. The van der Waals surface area contributed by atoms with E-state index in [9.17, 15) is 0 Å². The highest BCUT2D eigenvalue weighted by Gasteiger charge is 2.13. The van der Waals surface area contributed by atoms with E-state index in [0.717, 1.165) is 21.8 Å². The molecule has 0 unspecified atom stereocenters. The van der Waals surface area contributed by atoms with Gasteiger partial charge >= 0.3 is 0 Å². The second kappa shape index (κ2) is 6.69. The first kappa shape index (κ1) is 16.4. The number of rotatable bonds is 4. The molecule has 3 aromatic carbocycles. The van der Waals surface area contributed by atoms with Crippen molar-refractivity contribution in [3.8, 4) is 11.5 Å². The van der Waals surface area contributed by atoms with Crippen LogP contribution in [-0.2, 0) is 0 Å². The van der Waals surface area contributed by atoms with Crippen LogP contribution >= 0.6 is 11.6 Å². The van der Waals surface area contributed by atoms with Gasteiger partial charge in [0.25, 0.3) is 0 Å². The molecule has 0 spiro atoms. The molecule has 0 saturated carbocycles. The smallest absolute Gasteiger partial charge is 0.224 e. The molecule has 26 heavy (non-hydrogen) atoms. The molecule has 1 N–H and O–H groups in total. The normalized spacial score (nSPS) is 10.9. The fourth-order valence-corrected chi connectivity index (χ4v) is 3.16. The standard InChI is InChI=1S/C20H16ClN3O2/c1-25-17-10-14-16(11-18(17)26-2)23-20(21)24-19(14)22-15-9-5-7-12-6-3-4-8-13(12)15/h3-11H,1-2H3,(H,22,23,24). The van der Waals surface area contributed by atoms with E-state index in [1.54, 1.807) is 20.3 Å². The van der Waals surface area contributed by atoms with Gasteiger partial charge in [0.15, 0.2) is 11.5 Å². The molecule has 0 saturated heterocycles. The SMILES string of the molecule is COc1cc2nc(Cl)nc(Nc3cccc4ccccc34)c2cc1OC. The van der Waals surface area contributed by atoms with E-state index < -0.39 is 0 Å². The molecule has 0 aliphatic carbocycles. The molecule has 4 rings (SSSR count). The summed E-state index contributed by atoms with van der Waals surface area (Å²) in [6.07, 6.45) is 0. The fraction of sp³-hybridized carbons (Fsp3) is 0.100. The second-order valence-corrected chi connectivity index (χ2v) is 6.06. The Labute approximate surface area is 155 Å². The van der Waals surface area contributed by atoms with Gasteiger partial charge in [-0.3, -0.25) is 0 Å². The summed E-state index contributed by atoms with van der Waals surface area (Å²) in [6, 6.07) is 17.9. The van der Waals surface area contributed by atoms with Crippen LogP contribution in [0.4, 0.5) is 11.5 Å². The summed E-state index contributed by atoms with van der Waals surface area (Å²) >= 11 is 6.14. The van der Waals surface area contributed by atoms with E-state index in [1.165, 1.54) is 0 Å². The molecule has 1 heterocycles. The number of benzene rings is 3. The quantitative estimate of drug-likeness (QED) is 0.504. The molecule has 4 aromatic rings. The Balaban J connectivity index is 1.90. The van der Waals surface area contributed by atoms with Crippen molar-refractivity contribution in [2.45, 2.75) is 0 Å². The Morgan fingerprint density at radius 2 is 1.58 bits per heavy atom. The summed E-state index contributed by atoms with van der Waals surface area (Å²) < 4.78 is 10.8. The van der Waals surface area contributed by atoms with Gasteiger partial charge < -0.3 is 14.8 Å². The summed E-state index contributed by atoms with van der Waals surface area (Å²) in [5.74, 6) is 1.80. The third kappa shape index (κ3) is 2.86. The van der Waals surface area contributed by atoms with Crippen LogP contribution in [0.3, 0.4) is 0 Å². The fourth-order valence-electron chi connectivity index (χ4n) is 2.98. The molecule has 0 aliphatic rings. The zero-order valence-corrected chi connectivity index (χ0v) is 15.0. The van der Waals surface area contributed by atoms with E-state index in [0.29, 0.717) is 22.8 Å². The van der Waals surface area contributed by atoms with Crippen molar-refractivity contribution in [1.29, 1.82) is 0 Å². The third-order valence-electron chi connectivity index (χ3n) is 4.22. The van der Waals surface area contributed by atoms with Crippen molar-refractivity contribution < 1.29 is 9.47 Å². The van der Waals surface area contributed by atoms with Gasteiger partial charge in [-0.15, -0.1) is 0 Å². The molecular formula is C20H16ClN3O2. The molecule has 0 amide bonds. The molecule has 0 radical (unpaired) electrons. The number of fused-ring (bicyclic) bond motifs is 2. The number of halogens is 1. The minimum Gasteiger partial charge on any atom is -0.493 e. The van der Waals surface area contributed by atoms with Gasteiger partial charge in [0.2, 0.25) is 5.28 Å². The van der Waals surface area contributed by atoms with Crippen LogP contribution in [0, 0.1) is 0 Å². The maximum Gasteiger partial charge on any atom is 0.224 e.